The van der Waals surface area contributed by atoms with E-state index in [1.165, 1.54) is 53.9 Å². The Kier molecular flexibility index (Phi) is 6.40. The summed E-state index contributed by atoms with van der Waals surface area (Å²) in [6.07, 6.45) is 0. The van der Waals surface area contributed by atoms with Crippen LogP contribution < -0.4 is 0 Å². The summed E-state index contributed by atoms with van der Waals surface area (Å²) < 4.78 is 0. The molecule has 0 saturated carbocycles. The summed E-state index contributed by atoms with van der Waals surface area (Å²) in [6.45, 7) is 0. The molecule has 4 heteroatoms. The van der Waals surface area contributed by atoms with Gasteiger partial charge in [-0.05, 0) is 67.1 Å². The average molecular weight is 680 g/mol. The van der Waals surface area contributed by atoms with Crippen molar-refractivity contribution in [1.82, 2.24) is 15.0 Å². The van der Waals surface area contributed by atoms with E-state index in [9.17, 15) is 0 Å². The van der Waals surface area contributed by atoms with E-state index in [2.05, 4.69) is 158 Å². The van der Waals surface area contributed by atoms with Crippen LogP contribution >= 0.6 is 11.8 Å². The van der Waals surface area contributed by atoms with Crippen molar-refractivity contribution >= 4 is 33.3 Å². The van der Waals surface area contributed by atoms with Crippen LogP contribution in [0.1, 0.15) is 22.3 Å². The summed E-state index contributed by atoms with van der Waals surface area (Å²) in [5.74, 6) is 1.98. The molecule has 0 radical (unpaired) electrons. The van der Waals surface area contributed by atoms with Crippen LogP contribution in [0.3, 0.4) is 0 Å². The summed E-state index contributed by atoms with van der Waals surface area (Å²) in [6, 6.07) is 63.2. The van der Waals surface area contributed by atoms with Crippen LogP contribution in [-0.4, -0.2) is 15.0 Å². The van der Waals surface area contributed by atoms with Crippen molar-refractivity contribution in [3.05, 3.63) is 198 Å². The third kappa shape index (κ3) is 4.19. The van der Waals surface area contributed by atoms with Gasteiger partial charge in [0.2, 0.25) is 0 Å². The predicted octanol–water partition coefficient (Wildman–Crippen LogP) is 12.0. The Bertz CT molecular complexity index is 2850. The lowest BCUT2D eigenvalue weighted by atomic mass is 9.67. The first-order valence-corrected chi connectivity index (χ1v) is 18.4. The van der Waals surface area contributed by atoms with Gasteiger partial charge in [0.25, 0.3) is 0 Å². The van der Waals surface area contributed by atoms with Crippen molar-refractivity contribution in [2.24, 2.45) is 0 Å². The monoisotopic (exact) mass is 679 g/mol. The Balaban J connectivity index is 1.17. The minimum atomic E-state index is -0.427. The molecule has 52 heavy (non-hydrogen) atoms. The van der Waals surface area contributed by atoms with E-state index in [1.54, 1.807) is 0 Å². The molecule has 1 aliphatic carbocycles. The highest BCUT2D eigenvalue weighted by Gasteiger charge is 2.50. The van der Waals surface area contributed by atoms with Crippen LogP contribution in [0.2, 0.25) is 0 Å². The fourth-order valence-corrected chi connectivity index (χ4v) is 9.85. The van der Waals surface area contributed by atoms with Crippen molar-refractivity contribution < 1.29 is 0 Å². The molecule has 0 amide bonds. The standard InChI is InChI=1S/C48H29N3S/c1-2-14-32(15-3-1)45-49-46(51-47(50-45)37-20-12-16-30-13-4-5-17-34(30)37)33-26-25-31-27-28-42-44(38(31)29-33)52-43-24-11-10-23-41(43)48(42)39-21-8-6-18-35(39)36-19-7-9-22-40(36)48/h1-29H. The quantitative estimate of drug-likeness (QED) is 0.186. The average Bonchev–Trinajstić information content (AvgIpc) is 3.51. The van der Waals surface area contributed by atoms with E-state index in [1.807, 2.05) is 30.0 Å². The summed E-state index contributed by atoms with van der Waals surface area (Å²) >= 11 is 1.87. The second-order valence-electron chi connectivity index (χ2n) is 13.5. The van der Waals surface area contributed by atoms with E-state index in [-0.39, 0.29) is 0 Å². The number of hydrogen-bond acceptors (Lipinski definition) is 4. The van der Waals surface area contributed by atoms with Gasteiger partial charge in [-0.25, -0.2) is 15.0 Å². The molecule has 1 spiro atoms. The Morgan fingerprint density at radius 3 is 1.75 bits per heavy atom. The van der Waals surface area contributed by atoms with Crippen LogP contribution in [0, 0.1) is 0 Å². The SMILES string of the molecule is c1ccc(-c2nc(-c3ccc4ccc5c(c4c3)Sc3ccccc3C53c4ccccc4-c4ccccc43)nc(-c3cccc4ccccc34)n2)cc1. The molecule has 8 aromatic carbocycles. The number of benzene rings is 8. The molecule has 1 aromatic heterocycles. The second-order valence-corrected chi connectivity index (χ2v) is 14.6. The van der Waals surface area contributed by atoms with Crippen LogP contribution in [0.4, 0.5) is 0 Å². The highest BCUT2D eigenvalue weighted by Crippen LogP contribution is 2.63. The molecule has 2 aliphatic rings. The summed E-state index contributed by atoms with van der Waals surface area (Å²) in [7, 11) is 0. The maximum Gasteiger partial charge on any atom is 0.164 e. The Morgan fingerprint density at radius 1 is 0.365 bits per heavy atom. The maximum atomic E-state index is 5.21. The van der Waals surface area contributed by atoms with Crippen molar-refractivity contribution in [3.63, 3.8) is 0 Å². The lowest BCUT2D eigenvalue weighted by molar-refractivity contribution is 0.726. The molecule has 242 valence electrons. The van der Waals surface area contributed by atoms with Gasteiger partial charge in [-0.1, -0.05) is 176 Å². The number of rotatable bonds is 3. The molecule has 1 aliphatic heterocycles. The van der Waals surface area contributed by atoms with Crippen molar-refractivity contribution in [2.45, 2.75) is 15.2 Å². The van der Waals surface area contributed by atoms with Gasteiger partial charge in [-0.15, -0.1) is 0 Å². The second kappa shape index (κ2) is 11.3. The van der Waals surface area contributed by atoms with Crippen LogP contribution in [0.15, 0.2) is 186 Å². The third-order valence-electron chi connectivity index (χ3n) is 10.8. The number of hydrogen-bond donors (Lipinski definition) is 0. The molecule has 0 saturated heterocycles. The summed E-state index contributed by atoms with van der Waals surface area (Å²) in [4.78, 5) is 18.0. The summed E-state index contributed by atoms with van der Waals surface area (Å²) in [5.41, 5.74) is 10.4. The maximum absolute atomic E-state index is 5.21. The van der Waals surface area contributed by atoms with E-state index < -0.39 is 5.41 Å². The summed E-state index contributed by atoms with van der Waals surface area (Å²) in [5, 5.41) is 4.66. The Morgan fingerprint density at radius 2 is 0.942 bits per heavy atom. The first-order valence-electron chi connectivity index (χ1n) is 17.6. The van der Waals surface area contributed by atoms with E-state index in [0.29, 0.717) is 17.5 Å². The predicted molar refractivity (Wildman–Crippen MR) is 213 cm³/mol. The van der Waals surface area contributed by atoms with Gasteiger partial charge in [0.1, 0.15) is 0 Å². The zero-order chi connectivity index (χ0) is 34.2. The molecular formula is C48H29N3S. The van der Waals surface area contributed by atoms with Crippen molar-refractivity contribution in [3.8, 4) is 45.3 Å². The van der Waals surface area contributed by atoms with Gasteiger partial charge in [-0.2, -0.15) is 0 Å². The van der Waals surface area contributed by atoms with E-state index in [4.69, 9.17) is 15.0 Å². The molecule has 0 unspecified atom stereocenters. The van der Waals surface area contributed by atoms with Gasteiger partial charge < -0.3 is 0 Å². The van der Waals surface area contributed by atoms with Gasteiger partial charge in [-0.3, -0.25) is 0 Å². The van der Waals surface area contributed by atoms with Gasteiger partial charge >= 0.3 is 0 Å². The van der Waals surface area contributed by atoms with Crippen molar-refractivity contribution in [1.29, 1.82) is 0 Å². The van der Waals surface area contributed by atoms with E-state index in [0.717, 1.165) is 27.5 Å². The molecule has 0 fully saturated rings. The fraction of sp³-hybridized carbons (Fsp3) is 0.0208. The van der Waals surface area contributed by atoms with Gasteiger partial charge in [0.05, 0.1) is 5.41 Å². The lowest BCUT2D eigenvalue weighted by Gasteiger charge is -2.40. The normalized spacial score (nSPS) is 13.5. The van der Waals surface area contributed by atoms with Crippen LogP contribution in [0.25, 0.3) is 66.8 Å². The zero-order valence-electron chi connectivity index (χ0n) is 28.0. The van der Waals surface area contributed by atoms with Gasteiger partial charge in [0, 0.05) is 26.5 Å². The first kappa shape index (κ1) is 29.4. The molecule has 0 N–H and O–H groups in total. The molecule has 9 aromatic rings. The first-order chi connectivity index (χ1) is 25.8. The number of nitrogens with zero attached hydrogens (tertiary/aromatic N) is 3. The van der Waals surface area contributed by atoms with Crippen LogP contribution in [0.5, 0.6) is 0 Å². The molecule has 0 atom stereocenters. The molecule has 2 heterocycles. The molecule has 0 bridgehead atoms. The Labute approximate surface area is 305 Å². The topological polar surface area (TPSA) is 38.7 Å². The Hall–Kier alpha value is -6.36. The molecule has 3 nitrogen and oxygen atoms in total. The largest absolute Gasteiger partial charge is 0.208 e. The molecule has 11 rings (SSSR count). The number of fused-ring (bicyclic) bond motifs is 12. The van der Waals surface area contributed by atoms with Crippen LogP contribution in [-0.2, 0) is 5.41 Å². The lowest BCUT2D eigenvalue weighted by Crippen LogP contribution is -2.32. The minimum absolute atomic E-state index is 0.427. The van der Waals surface area contributed by atoms with Gasteiger partial charge in [0.15, 0.2) is 17.5 Å². The van der Waals surface area contributed by atoms with E-state index >= 15 is 0 Å². The smallest absolute Gasteiger partial charge is 0.164 e. The zero-order valence-corrected chi connectivity index (χ0v) is 28.8. The third-order valence-corrected chi connectivity index (χ3v) is 12.0. The minimum Gasteiger partial charge on any atom is -0.208 e. The molecular weight excluding hydrogens is 651 g/mol. The fourth-order valence-electron chi connectivity index (χ4n) is 8.53. The van der Waals surface area contributed by atoms with Crippen molar-refractivity contribution in [2.75, 3.05) is 0 Å². The highest BCUT2D eigenvalue weighted by atomic mass is 32.2. The number of aromatic nitrogens is 3. The highest BCUT2D eigenvalue weighted by molar-refractivity contribution is 7.99.